The van der Waals surface area contributed by atoms with Gasteiger partial charge in [0.1, 0.15) is 0 Å². The van der Waals surface area contributed by atoms with E-state index < -0.39 is 0 Å². The Morgan fingerprint density at radius 2 is 1.85 bits per heavy atom. The van der Waals surface area contributed by atoms with Gasteiger partial charge in [-0.3, -0.25) is 0 Å². The van der Waals surface area contributed by atoms with Crippen molar-refractivity contribution in [2.45, 2.75) is 13.8 Å². The van der Waals surface area contributed by atoms with Crippen molar-refractivity contribution < 1.29 is 25.0 Å². The van der Waals surface area contributed by atoms with Gasteiger partial charge in [-0.1, -0.05) is 0 Å². The van der Waals surface area contributed by atoms with E-state index in [1.54, 1.807) is 6.92 Å². The zero-order valence-electron chi connectivity index (χ0n) is 7.01. The molecule has 0 amide bonds. The average Bonchev–Trinajstić information content (AvgIpc) is 2.00. The minimum atomic E-state index is 0.388. The predicted molar refractivity (Wildman–Crippen MR) is 63.8 cm³/mol. The van der Waals surface area contributed by atoms with Crippen molar-refractivity contribution in [3.63, 3.8) is 0 Å². The SMILES string of the molecule is CCOC(=S)SSC(=S)O[C](C)=[Fe+]. The molecule has 0 aromatic rings. The molecule has 0 radical (unpaired) electrons. The second-order valence-electron chi connectivity index (χ2n) is 1.65. The van der Waals surface area contributed by atoms with Crippen LogP contribution in [0.15, 0.2) is 0 Å². The molecule has 0 unspecified atom stereocenters. The van der Waals surface area contributed by atoms with Crippen molar-refractivity contribution in [1.29, 1.82) is 0 Å². The molecule has 0 spiro atoms. The fraction of sp³-hybridized carbons (Fsp3) is 0.500. The molecule has 0 aliphatic carbocycles. The third-order valence-electron chi connectivity index (χ3n) is 0.661. The van der Waals surface area contributed by atoms with Crippen LogP contribution in [0.3, 0.4) is 0 Å². The maximum absolute atomic E-state index is 5.04. The molecule has 0 saturated heterocycles. The maximum atomic E-state index is 5.04. The van der Waals surface area contributed by atoms with Gasteiger partial charge in [0, 0.05) is 0 Å². The molecule has 0 aromatic heterocycles. The van der Waals surface area contributed by atoms with Gasteiger partial charge in [-0.25, -0.2) is 0 Å². The zero-order valence-corrected chi connectivity index (χ0v) is 11.4. The van der Waals surface area contributed by atoms with Crippen molar-refractivity contribution in [3.05, 3.63) is 0 Å². The Morgan fingerprint density at radius 1 is 1.31 bits per heavy atom. The fourth-order valence-corrected chi connectivity index (χ4v) is 2.56. The van der Waals surface area contributed by atoms with Crippen molar-refractivity contribution >= 4 is 59.4 Å². The van der Waals surface area contributed by atoms with Gasteiger partial charge in [0.15, 0.2) is 0 Å². The standard InChI is InChI=1S/C6H8O2S4.Fe/c1-3-7-5(9)11-12-6(10)8-4-2;/h3H2,1-2H3;/q;+1. The molecule has 0 atom stereocenters. The van der Waals surface area contributed by atoms with Gasteiger partial charge in [0.2, 0.25) is 0 Å². The number of hydrogen-bond acceptors (Lipinski definition) is 6. The van der Waals surface area contributed by atoms with E-state index in [1.807, 2.05) is 6.92 Å². The monoisotopic (exact) mass is 296 g/mol. The third-order valence-corrected chi connectivity index (χ3v) is 3.82. The van der Waals surface area contributed by atoms with Gasteiger partial charge in [-0.05, 0) is 0 Å². The zero-order chi connectivity index (χ0) is 10.3. The fourth-order valence-electron chi connectivity index (χ4n) is 0.340. The van der Waals surface area contributed by atoms with Crippen molar-refractivity contribution in [2.75, 3.05) is 6.61 Å². The van der Waals surface area contributed by atoms with Crippen LogP contribution in [0.1, 0.15) is 13.8 Å². The predicted octanol–water partition coefficient (Wildman–Crippen LogP) is 2.69. The molecule has 0 bridgehead atoms. The molecule has 0 aliphatic rings. The topological polar surface area (TPSA) is 18.5 Å². The summed E-state index contributed by atoms with van der Waals surface area (Å²) < 4.78 is 11.5. The van der Waals surface area contributed by atoms with E-state index in [4.69, 9.17) is 33.9 Å². The van der Waals surface area contributed by atoms with Gasteiger partial charge in [-0.2, -0.15) is 0 Å². The van der Waals surface area contributed by atoms with E-state index in [1.165, 1.54) is 21.6 Å². The summed E-state index contributed by atoms with van der Waals surface area (Å²) in [6.07, 6.45) is 0. The second-order valence-corrected chi connectivity index (χ2v) is 5.77. The van der Waals surface area contributed by atoms with E-state index in [9.17, 15) is 0 Å². The van der Waals surface area contributed by atoms with Crippen LogP contribution in [0.2, 0.25) is 0 Å². The first-order chi connectivity index (χ1) is 6.06. The molecule has 7 heteroatoms. The molecular formula is C6H8FeO2S4+. The van der Waals surface area contributed by atoms with Crippen LogP contribution in [-0.4, -0.2) is 20.0 Å². The van der Waals surface area contributed by atoms with Crippen LogP contribution in [0.5, 0.6) is 0 Å². The van der Waals surface area contributed by atoms with Crippen LogP contribution < -0.4 is 0 Å². The van der Waals surface area contributed by atoms with Crippen LogP contribution in [0.4, 0.5) is 0 Å². The normalized spacial score (nSPS) is 9.08. The van der Waals surface area contributed by atoms with Crippen LogP contribution in [-0.2, 0) is 25.0 Å². The molecule has 0 N–H and O–H groups in total. The first kappa shape index (κ1) is 13.9. The van der Waals surface area contributed by atoms with Gasteiger partial charge in [-0.15, -0.1) is 0 Å². The molecule has 0 fully saturated rings. The van der Waals surface area contributed by atoms with Crippen LogP contribution in [0, 0.1) is 0 Å². The van der Waals surface area contributed by atoms with E-state index in [-0.39, 0.29) is 0 Å². The van der Waals surface area contributed by atoms with Crippen molar-refractivity contribution in [1.82, 2.24) is 0 Å². The second kappa shape index (κ2) is 8.20. The number of ether oxygens (including phenoxy) is 2. The average molecular weight is 296 g/mol. The Kier molecular flexibility index (Phi) is 8.75. The number of thiocarbonyl (C=S) groups is 2. The Bertz CT molecular complexity index is 219. The molecular weight excluding hydrogens is 288 g/mol. The molecule has 0 heterocycles. The Labute approximate surface area is 104 Å². The van der Waals surface area contributed by atoms with E-state index in [0.717, 1.165) is 0 Å². The summed E-state index contributed by atoms with van der Waals surface area (Å²) in [5.41, 5.74) is 0. The summed E-state index contributed by atoms with van der Waals surface area (Å²) in [5.74, 6) is 0. The van der Waals surface area contributed by atoms with Gasteiger partial charge < -0.3 is 0 Å². The van der Waals surface area contributed by atoms with Crippen LogP contribution >= 0.6 is 46.0 Å². The third kappa shape index (κ3) is 9.18. The number of rotatable bonds is 2. The van der Waals surface area contributed by atoms with Gasteiger partial charge in [0.25, 0.3) is 0 Å². The summed E-state index contributed by atoms with van der Waals surface area (Å²) in [6.45, 7) is 4.18. The van der Waals surface area contributed by atoms with Gasteiger partial charge in [0.05, 0.1) is 0 Å². The van der Waals surface area contributed by atoms with E-state index in [0.29, 0.717) is 20.0 Å². The molecule has 0 saturated carbocycles. The van der Waals surface area contributed by atoms with E-state index >= 15 is 0 Å². The van der Waals surface area contributed by atoms with E-state index in [2.05, 4.69) is 15.6 Å². The summed E-state index contributed by atoms with van der Waals surface area (Å²) in [5, 5.41) is 0. The van der Waals surface area contributed by atoms with Crippen molar-refractivity contribution in [2.24, 2.45) is 0 Å². The number of hydrogen-bond donors (Lipinski definition) is 0. The Hall–Kier alpha value is 0.869. The summed E-state index contributed by atoms with van der Waals surface area (Å²) in [4.78, 5) is 0. The first-order valence-electron chi connectivity index (χ1n) is 3.27. The molecule has 75 valence electrons. The molecule has 0 aliphatic heterocycles. The minimum absolute atomic E-state index is 0.388. The Morgan fingerprint density at radius 3 is 2.31 bits per heavy atom. The van der Waals surface area contributed by atoms with Crippen LogP contribution in [0.25, 0.3) is 0 Å². The molecule has 2 nitrogen and oxygen atoms in total. The van der Waals surface area contributed by atoms with Crippen molar-refractivity contribution in [3.8, 4) is 0 Å². The summed E-state index contributed by atoms with van der Waals surface area (Å²) >= 11 is 13.3. The van der Waals surface area contributed by atoms with Gasteiger partial charge >= 0.3 is 105 Å². The summed E-state index contributed by atoms with van der Waals surface area (Å²) in [6, 6.07) is 0. The quantitative estimate of drug-likeness (QED) is 0.440. The molecule has 0 rings (SSSR count). The molecule has 0 aromatic carbocycles. The summed E-state index contributed by atoms with van der Waals surface area (Å²) in [7, 11) is 2.52. The Balaban J connectivity index is 3.58. The first-order valence-corrected chi connectivity index (χ1v) is 6.79. The molecule has 13 heavy (non-hydrogen) atoms.